The lowest BCUT2D eigenvalue weighted by Crippen LogP contribution is -2.31. The van der Waals surface area contributed by atoms with Gasteiger partial charge in [-0.15, -0.1) is 0 Å². The Balaban J connectivity index is 2.29. The van der Waals surface area contributed by atoms with Crippen LogP contribution in [0.15, 0.2) is 41.0 Å². The molecule has 1 unspecified atom stereocenters. The topological polar surface area (TPSA) is 50.9 Å². The Morgan fingerprint density at radius 1 is 1.42 bits per heavy atom. The lowest BCUT2D eigenvalue weighted by molar-refractivity contribution is 0.516. The van der Waals surface area contributed by atoms with Crippen molar-refractivity contribution in [3.05, 3.63) is 63.6 Å². The predicted molar refractivity (Wildman–Crippen MR) is 76.8 cm³/mol. The fourth-order valence-corrected chi connectivity index (χ4v) is 2.43. The summed E-state index contributed by atoms with van der Waals surface area (Å²) < 4.78 is 14.6. The van der Waals surface area contributed by atoms with E-state index in [0.717, 1.165) is 15.7 Å². The number of pyridine rings is 1. The Morgan fingerprint density at radius 2 is 2.21 bits per heavy atom. The van der Waals surface area contributed by atoms with Crippen molar-refractivity contribution in [2.24, 2.45) is 5.84 Å². The number of nitrogens with zero attached hydrogens (tertiary/aromatic N) is 1. The molecule has 3 nitrogen and oxygen atoms in total. The first kappa shape index (κ1) is 14.1. The van der Waals surface area contributed by atoms with Gasteiger partial charge in [0.25, 0.3) is 0 Å². The van der Waals surface area contributed by atoms with Crippen LogP contribution in [0.1, 0.15) is 22.9 Å². The molecule has 19 heavy (non-hydrogen) atoms. The van der Waals surface area contributed by atoms with E-state index in [0.29, 0.717) is 12.0 Å². The number of nitrogens with one attached hydrogen (secondary N) is 1. The monoisotopic (exact) mass is 323 g/mol. The van der Waals surface area contributed by atoms with Gasteiger partial charge in [-0.2, -0.15) is 0 Å². The van der Waals surface area contributed by atoms with Gasteiger partial charge in [-0.1, -0.05) is 22.0 Å². The number of halogens is 2. The Morgan fingerprint density at radius 3 is 2.89 bits per heavy atom. The molecule has 2 rings (SSSR count). The van der Waals surface area contributed by atoms with Gasteiger partial charge in [0.15, 0.2) is 0 Å². The van der Waals surface area contributed by atoms with Gasteiger partial charge in [0.1, 0.15) is 5.82 Å². The maximum absolute atomic E-state index is 13.8. The Hall–Kier alpha value is -1.30. The minimum Gasteiger partial charge on any atom is -0.271 e. The number of nitrogens with two attached hydrogens (primary N) is 1. The molecule has 1 atom stereocenters. The van der Waals surface area contributed by atoms with Gasteiger partial charge in [0.05, 0.1) is 11.7 Å². The second-order valence-electron chi connectivity index (χ2n) is 4.36. The van der Waals surface area contributed by atoms with Crippen molar-refractivity contribution >= 4 is 15.9 Å². The number of rotatable bonds is 4. The standard InChI is InChI=1S/C14H15BrFN3/c1-9-3-2-6-18-14(9)13(19-17)8-10-7-11(15)4-5-12(10)16/h2-7,13,19H,8,17H2,1H3. The highest BCUT2D eigenvalue weighted by atomic mass is 79.9. The summed E-state index contributed by atoms with van der Waals surface area (Å²) in [7, 11) is 0. The smallest absolute Gasteiger partial charge is 0.126 e. The van der Waals surface area contributed by atoms with Crippen LogP contribution in [-0.4, -0.2) is 4.98 Å². The van der Waals surface area contributed by atoms with E-state index >= 15 is 0 Å². The average Bonchev–Trinajstić information content (AvgIpc) is 2.41. The molecule has 0 aliphatic rings. The molecule has 3 N–H and O–H groups in total. The van der Waals surface area contributed by atoms with Crippen molar-refractivity contribution in [2.45, 2.75) is 19.4 Å². The summed E-state index contributed by atoms with van der Waals surface area (Å²) in [5.74, 6) is 5.35. The zero-order chi connectivity index (χ0) is 13.8. The van der Waals surface area contributed by atoms with Crippen molar-refractivity contribution in [3.8, 4) is 0 Å². The van der Waals surface area contributed by atoms with Crippen molar-refractivity contribution in [1.29, 1.82) is 0 Å². The molecule has 0 saturated carbocycles. The van der Waals surface area contributed by atoms with E-state index in [2.05, 4.69) is 26.3 Å². The summed E-state index contributed by atoms with van der Waals surface area (Å²) in [4.78, 5) is 4.32. The second kappa shape index (κ2) is 6.23. The summed E-state index contributed by atoms with van der Waals surface area (Å²) in [5, 5.41) is 0. The van der Waals surface area contributed by atoms with Crippen LogP contribution >= 0.6 is 15.9 Å². The van der Waals surface area contributed by atoms with Gasteiger partial charge in [0, 0.05) is 10.7 Å². The van der Waals surface area contributed by atoms with E-state index in [1.807, 2.05) is 19.1 Å². The number of hydrogen-bond acceptors (Lipinski definition) is 3. The maximum atomic E-state index is 13.8. The van der Waals surface area contributed by atoms with Crippen LogP contribution in [0.4, 0.5) is 4.39 Å². The van der Waals surface area contributed by atoms with E-state index < -0.39 is 0 Å². The molecule has 1 aromatic heterocycles. The van der Waals surface area contributed by atoms with Crippen LogP contribution in [0.2, 0.25) is 0 Å². The lowest BCUT2D eigenvalue weighted by Gasteiger charge is -2.17. The normalized spacial score (nSPS) is 12.4. The van der Waals surface area contributed by atoms with E-state index in [1.165, 1.54) is 6.07 Å². The summed E-state index contributed by atoms with van der Waals surface area (Å²) in [6, 6.07) is 8.49. The Kier molecular flexibility index (Phi) is 4.63. The van der Waals surface area contributed by atoms with Crippen LogP contribution < -0.4 is 11.3 Å². The molecule has 2 aromatic rings. The fraction of sp³-hybridized carbons (Fsp3) is 0.214. The SMILES string of the molecule is Cc1cccnc1C(Cc1cc(Br)ccc1F)NN. The predicted octanol–water partition coefficient (Wildman–Crippen LogP) is 3.04. The fourth-order valence-electron chi connectivity index (χ4n) is 2.02. The van der Waals surface area contributed by atoms with Crippen molar-refractivity contribution in [2.75, 3.05) is 0 Å². The molecule has 0 amide bonds. The number of aryl methyl sites for hydroxylation is 1. The number of aromatic nitrogens is 1. The molecule has 0 saturated heterocycles. The average molecular weight is 324 g/mol. The highest BCUT2D eigenvalue weighted by molar-refractivity contribution is 9.10. The summed E-state index contributed by atoms with van der Waals surface area (Å²) >= 11 is 3.34. The molecule has 0 spiro atoms. The van der Waals surface area contributed by atoms with Crippen LogP contribution in [0, 0.1) is 12.7 Å². The molecule has 1 aromatic carbocycles. The molecule has 5 heteroatoms. The largest absolute Gasteiger partial charge is 0.271 e. The molecule has 0 bridgehead atoms. The van der Waals surface area contributed by atoms with Crippen LogP contribution in [0.25, 0.3) is 0 Å². The van der Waals surface area contributed by atoms with E-state index in [-0.39, 0.29) is 11.9 Å². The first-order valence-electron chi connectivity index (χ1n) is 5.93. The Labute approximate surface area is 120 Å². The van der Waals surface area contributed by atoms with Gasteiger partial charge in [-0.05, 0) is 48.7 Å². The highest BCUT2D eigenvalue weighted by Crippen LogP contribution is 2.23. The van der Waals surface area contributed by atoms with E-state index in [4.69, 9.17) is 5.84 Å². The van der Waals surface area contributed by atoms with Gasteiger partial charge >= 0.3 is 0 Å². The molecule has 0 aliphatic carbocycles. The molecule has 100 valence electrons. The Bertz CT molecular complexity index is 574. The molecule has 0 fully saturated rings. The first-order valence-corrected chi connectivity index (χ1v) is 6.72. The number of hydrazine groups is 1. The van der Waals surface area contributed by atoms with Gasteiger partial charge in [-0.25, -0.2) is 4.39 Å². The van der Waals surface area contributed by atoms with Crippen molar-refractivity contribution < 1.29 is 4.39 Å². The van der Waals surface area contributed by atoms with Crippen LogP contribution in [-0.2, 0) is 6.42 Å². The zero-order valence-corrected chi connectivity index (χ0v) is 12.1. The number of benzene rings is 1. The van der Waals surface area contributed by atoms with Gasteiger partial charge < -0.3 is 0 Å². The summed E-state index contributed by atoms with van der Waals surface area (Å²) in [6.07, 6.45) is 2.16. The summed E-state index contributed by atoms with van der Waals surface area (Å²) in [5.41, 5.74) is 5.18. The maximum Gasteiger partial charge on any atom is 0.126 e. The van der Waals surface area contributed by atoms with Crippen LogP contribution in [0.3, 0.4) is 0 Å². The van der Waals surface area contributed by atoms with Crippen LogP contribution in [0.5, 0.6) is 0 Å². The third-order valence-corrected chi connectivity index (χ3v) is 3.51. The molecule has 1 heterocycles. The minimum atomic E-state index is -0.239. The van der Waals surface area contributed by atoms with Gasteiger partial charge in [0.2, 0.25) is 0 Å². The molecule has 0 radical (unpaired) electrons. The second-order valence-corrected chi connectivity index (χ2v) is 5.28. The number of hydrogen-bond donors (Lipinski definition) is 2. The van der Waals surface area contributed by atoms with Crippen molar-refractivity contribution in [1.82, 2.24) is 10.4 Å². The minimum absolute atomic E-state index is 0.218. The highest BCUT2D eigenvalue weighted by Gasteiger charge is 2.16. The molecular weight excluding hydrogens is 309 g/mol. The summed E-state index contributed by atoms with van der Waals surface area (Å²) in [6.45, 7) is 1.96. The van der Waals surface area contributed by atoms with E-state index in [1.54, 1.807) is 18.3 Å². The van der Waals surface area contributed by atoms with Crippen molar-refractivity contribution in [3.63, 3.8) is 0 Å². The molecular formula is C14H15BrFN3. The first-order chi connectivity index (χ1) is 9.11. The third-order valence-electron chi connectivity index (χ3n) is 3.01. The lowest BCUT2D eigenvalue weighted by atomic mass is 10.0. The molecule has 0 aliphatic heterocycles. The van der Waals surface area contributed by atoms with E-state index in [9.17, 15) is 4.39 Å². The third kappa shape index (κ3) is 3.37. The van der Waals surface area contributed by atoms with Gasteiger partial charge in [-0.3, -0.25) is 16.3 Å². The zero-order valence-electron chi connectivity index (χ0n) is 10.5. The quantitative estimate of drug-likeness (QED) is 0.671.